The van der Waals surface area contributed by atoms with E-state index in [0.29, 0.717) is 5.02 Å². The normalized spacial score (nSPS) is 11.4. The first-order chi connectivity index (χ1) is 12.0. The van der Waals surface area contributed by atoms with Gasteiger partial charge in [0.1, 0.15) is 0 Å². The van der Waals surface area contributed by atoms with Crippen LogP contribution in [0.15, 0.2) is 42.5 Å². The van der Waals surface area contributed by atoms with E-state index < -0.39 is 18.9 Å². The van der Waals surface area contributed by atoms with Crippen molar-refractivity contribution < 1.29 is 18.3 Å². The van der Waals surface area contributed by atoms with Crippen molar-refractivity contribution in [2.24, 2.45) is 0 Å². The molecule has 1 amide bonds. The lowest BCUT2D eigenvalue weighted by Gasteiger charge is -2.20. The molecule has 0 aliphatic rings. The van der Waals surface area contributed by atoms with Gasteiger partial charge in [-0.05, 0) is 24.3 Å². The van der Waals surface area contributed by atoms with E-state index in [0.717, 1.165) is 20.2 Å². The zero-order chi connectivity index (χ0) is 18.2. The Morgan fingerprint density at radius 2 is 2.08 bits per heavy atom. The molecule has 0 N–H and O–H groups in total. The minimum absolute atomic E-state index is 0.124. The number of hydrogen-bond acceptors (Lipinski definition) is 3. The molecule has 7 heteroatoms. The number of nitrogens with zero attached hydrogens (tertiary/aromatic N) is 1. The maximum atomic E-state index is 12.6. The van der Waals surface area contributed by atoms with Crippen molar-refractivity contribution in [1.82, 2.24) is 4.90 Å². The number of thiophene rings is 1. The molecule has 0 saturated heterocycles. The Kier molecular flexibility index (Phi) is 7.55. The van der Waals surface area contributed by atoms with E-state index in [1.54, 1.807) is 6.08 Å². The monoisotopic (exact) mass is 385 g/mol. The van der Waals surface area contributed by atoms with E-state index in [9.17, 15) is 13.6 Å². The van der Waals surface area contributed by atoms with Gasteiger partial charge in [0.15, 0.2) is 0 Å². The molecular formula is C18H18ClF2NO2S. The van der Waals surface area contributed by atoms with Crippen LogP contribution in [0.1, 0.15) is 4.88 Å². The van der Waals surface area contributed by atoms with E-state index in [-0.39, 0.29) is 13.2 Å². The van der Waals surface area contributed by atoms with Gasteiger partial charge >= 0.3 is 0 Å². The Labute approximate surface area is 154 Å². The summed E-state index contributed by atoms with van der Waals surface area (Å²) in [6, 6.07) is 11.3. The summed E-state index contributed by atoms with van der Waals surface area (Å²) in [6.07, 6.45) is 0.349. The second-order valence-electron chi connectivity index (χ2n) is 5.18. The molecule has 0 aliphatic carbocycles. The molecule has 0 bridgehead atoms. The average molecular weight is 386 g/mol. The summed E-state index contributed by atoms with van der Waals surface area (Å²) >= 11 is 7.65. The Balaban J connectivity index is 2.07. The number of amides is 1. The van der Waals surface area contributed by atoms with Crippen molar-refractivity contribution in [3.8, 4) is 10.4 Å². The minimum Gasteiger partial charge on any atom is -0.383 e. The molecule has 1 heterocycles. The fourth-order valence-electron chi connectivity index (χ4n) is 2.17. The van der Waals surface area contributed by atoms with E-state index >= 15 is 0 Å². The third-order valence-electron chi connectivity index (χ3n) is 3.39. The topological polar surface area (TPSA) is 29.5 Å². The Morgan fingerprint density at radius 3 is 2.76 bits per heavy atom. The Bertz CT molecular complexity index is 733. The largest absolute Gasteiger partial charge is 0.383 e. The molecule has 25 heavy (non-hydrogen) atoms. The maximum Gasteiger partial charge on any atom is 0.255 e. The molecular weight excluding hydrogens is 368 g/mol. The highest BCUT2D eigenvalue weighted by atomic mass is 35.5. The number of hydrogen-bond donors (Lipinski definition) is 0. The quantitative estimate of drug-likeness (QED) is 0.609. The lowest BCUT2D eigenvalue weighted by atomic mass is 10.2. The van der Waals surface area contributed by atoms with Crippen LogP contribution in [0.5, 0.6) is 0 Å². The molecule has 1 aromatic carbocycles. The SMILES string of the molecule is COCCN(CC(F)F)C(=O)/C=C/c1ccc(-c2ccccc2Cl)s1. The molecule has 3 nitrogen and oxygen atoms in total. The van der Waals surface area contributed by atoms with E-state index in [1.807, 2.05) is 36.4 Å². The summed E-state index contributed by atoms with van der Waals surface area (Å²) in [5, 5.41) is 0.652. The molecule has 2 rings (SSSR count). The molecule has 2 aromatic rings. The predicted molar refractivity (Wildman–Crippen MR) is 98.3 cm³/mol. The van der Waals surface area contributed by atoms with Crippen LogP contribution < -0.4 is 0 Å². The number of halogens is 3. The van der Waals surface area contributed by atoms with Crippen LogP contribution in [0.3, 0.4) is 0 Å². The molecule has 0 aliphatic heterocycles. The Hall–Kier alpha value is -1.76. The summed E-state index contributed by atoms with van der Waals surface area (Å²) in [5.74, 6) is -0.468. The van der Waals surface area contributed by atoms with Gasteiger partial charge in [0.2, 0.25) is 5.91 Å². The summed E-state index contributed by atoms with van der Waals surface area (Å²) in [7, 11) is 1.46. The first-order valence-corrected chi connectivity index (χ1v) is 8.79. The van der Waals surface area contributed by atoms with E-state index in [2.05, 4.69) is 0 Å². The van der Waals surface area contributed by atoms with Crippen LogP contribution in [-0.4, -0.2) is 44.0 Å². The van der Waals surface area contributed by atoms with Gasteiger partial charge in [0, 0.05) is 40.1 Å². The van der Waals surface area contributed by atoms with Crippen molar-refractivity contribution in [2.45, 2.75) is 6.43 Å². The molecule has 0 atom stereocenters. The zero-order valence-corrected chi connectivity index (χ0v) is 15.2. The highest BCUT2D eigenvalue weighted by Gasteiger charge is 2.16. The Morgan fingerprint density at radius 1 is 1.32 bits per heavy atom. The van der Waals surface area contributed by atoms with Crippen LogP contribution in [-0.2, 0) is 9.53 Å². The van der Waals surface area contributed by atoms with Gasteiger partial charge in [0.05, 0.1) is 13.2 Å². The molecule has 0 unspecified atom stereocenters. The van der Waals surface area contributed by atoms with Crippen molar-refractivity contribution >= 4 is 34.9 Å². The van der Waals surface area contributed by atoms with Crippen LogP contribution >= 0.6 is 22.9 Å². The second-order valence-corrected chi connectivity index (χ2v) is 6.71. The third-order valence-corrected chi connectivity index (χ3v) is 4.81. The minimum atomic E-state index is -2.58. The smallest absolute Gasteiger partial charge is 0.255 e. The van der Waals surface area contributed by atoms with Gasteiger partial charge in [-0.15, -0.1) is 11.3 Å². The van der Waals surface area contributed by atoms with Gasteiger partial charge in [-0.25, -0.2) is 8.78 Å². The molecule has 0 radical (unpaired) electrons. The van der Waals surface area contributed by atoms with Gasteiger partial charge in [0.25, 0.3) is 6.43 Å². The van der Waals surface area contributed by atoms with Crippen molar-refractivity contribution in [2.75, 3.05) is 26.8 Å². The average Bonchev–Trinajstić information content (AvgIpc) is 3.05. The fraction of sp³-hybridized carbons (Fsp3) is 0.278. The highest BCUT2D eigenvalue weighted by molar-refractivity contribution is 7.16. The maximum absolute atomic E-state index is 12.6. The van der Waals surface area contributed by atoms with Crippen LogP contribution in [0.25, 0.3) is 16.5 Å². The standard InChI is InChI=1S/C18H18ClF2NO2S/c1-24-11-10-22(12-17(20)21)18(23)9-7-13-6-8-16(25-13)14-4-2-3-5-15(14)19/h2-9,17H,10-12H2,1H3/b9-7+. The number of carbonyl (C=O) groups excluding carboxylic acids is 1. The molecule has 1 aromatic heterocycles. The lowest BCUT2D eigenvalue weighted by Crippen LogP contribution is -2.36. The van der Waals surface area contributed by atoms with Gasteiger partial charge in [-0.2, -0.15) is 0 Å². The number of carbonyl (C=O) groups is 1. The van der Waals surface area contributed by atoms with Crippen LogP contribution in [0, 0.1) is 0 Å². The fourth-order valence-corrected chi connectivity index (χ4v) is 3.41. The number of alkyl halides is 2. The zero-order valence-electron chi connectivity index (χ0n) is 13.6. The number of rotatable bonds is 8. The summed E-state index contributed by atoms with van der Waals surface area (Å²) in [6.45, 7) is -0.275. The summed E-state index contributed by atoms with van der Waals surface area (Å²) in [4.78, 5) is 15.0. The van der Waals surface area contributed by atoms with Crippen molar-refractivity contribution in [3.05, 3.63) is 52.4 Å². The van der Waals surface area contributed by atoms with Gasteiger partial charge in [-0.3, -0.25) is 4.79 Å². The highest BCUT2D eigenvalue weighted by Crippen LogP contribution is 2.33. The molecule has 0 saturated carbocycles. The first-order valence-electron chi connectivity index (χ1n) is 7.60. The number of methoxy groups -OCH3 is 1. The number of benzene rings is 1. The summed E-state index contributed by atoms with van der Waals surface area (Å²) in [5.41, 5.74) is 0.916. The van der Waals surface area contributed by atoms with Crippen molar-refractivity contribution in [1.29, 1.82) is 0 Å². The second kappa shape index (κ2) is 9.65. The van der Waals surface area contributed by atoms with Crippen molar-refractivity contribution in [3.63, 3.8) is 0 Å². The molecule has 0 spiro atoms. The molecule has 134 valence electrons. The van der Waals surface area contributed by atoms with E-state index in [4.69, 9.17) is 16.3 Å². The predicted octanol–water partition coefficient (Wildman–Crippen LogP) is 4.82. The van der Waals surface area contributed by atoms with Gasteiger partial charge in [-0.1, -0.05) is 29.8 Å². The summed E-state index contributed by atoms with van der Waals surface area (Å²) < 4.78 is 30.0. The lowest BCUT2D eigenvalue weighted by molar-refractivity contribution is -0.128. The number of ether oxygens (including phenoxy) is 1. The van der Waals surface area contributed by atoms with Gasteiger partial charge < -0.3 is 9.64 Å². The third kappa shape index (κ3) is 5.92. The van der Waals surface area contributed by atoms with E-state index in [1.165, 1.54) is 24.5 Å². The van der Waals surface area contributed by atoms with Crippen LogP contribution in [0.2, 0.25) is 5.02 Å². The first kappa shape index (κ1) is 19.6. The molecule has 0 fully saturated rings. The van der Waals surface area contributed by atoms with Crippen LogP contribution in [0.4, 0.5) is 8.78 Å².